The molecule has 11 heteroatoms. The molecule has 1 saturated heterocycles. The average molecular weight is 590 g/mol. The molecule has 1 fully saturated rings. The Kier molecular flexibility index (Phi) is 8.61. The topological polar surface area (TPSA) is 118 Å². The van der Waals surface area contributed by atoms with Crippen molar-refractivity contribution in [3.63, 3.8) is 0 Å². The maximum absolute atomic E-state index is 14.2. The Morgan fingerprint density at radius 2 is 1.51 bits per heavy atom. The molecular weight excluding hydrogens is 554 g/mol. The van der Waals surface area contributed by atoms with Gasteiger partial charge in [-0.3, -0.25) is 14.4 Å². The molecule has 226 valence electrons. The molecule has 1 N–H and O–H groups in total. The van der Waals surface area contributed by atoms with Gasteiger partial charge in [-0.05, 0) is 60.4 Å². The third-order valence-corrected chi connectivity index (χ3v) is 7.89. The van der Waals surface area contributed by atoms with E-state index in [0.717, 1.165) is 12.1 Å². The second-order valence-corrected chi connectivity index (χ2v) is 10.4. The van der Waals surface area contributed by atoms with Crippen molar-refractivity contribution >= 4 is 17.9 Å². The van der Waals surface area contributed by atoms with Crippen LogP contribution in [0, 0.1) is 5.92 Å². The number of nitrogens with zero attached hydrogens (tertiary/aromatic N) is 2. The second kappa shape index (κ2) is 12.5. The van der Waals surface area contributed by atoms with Crippen LogP contribution in [0.5, 0.6) is 28.7 Å². The summed E-state index contributed by atoms with van der Waals surface area (Å²) in [5.74, 6) is 1.35. The number of benzene rings is 2. The zero-order chi connectivity index (χ0) is 30.7. The van der Waals surface area contributed by atoms with E-state index in [1.165, 1.54) is 35.5 Å². The molecule has 2 aromatic carbocycles. The minimum Gasteiger partial charge on any atom is -0.493 e. The lowest BCUT2D eigenvalue weighted by molar-refractivity contribution is -0.130. The zero-order valence-electron chi connectivity index (χ0n) is 24.8. The summed E-state index contributed by atoms with van der Waals surface area (Å²) in [6.07, 6.45) is 2.48. The lowest BCUT2D eigenvalue weighted by atomic mass is 9.83. The minimum absolute atomic E-state index is 0.00863. The summed E-state index contributed by atoms with van der Waals surface area (Å²) in [4.78, 5) is 41.9. The maximum atomic E-state index is 14.2. The number of methoxy groups -OCH3 is 5. The highest BCUT2D eigenvalue weighted by Gasteiger charge is 2.37. The van der Waals surface area contributed by atoms with Gasteiger partial charge in [0.1, 0.15) is 5.70 Å². The molecule has 2 atom stereocenters. The molecule has 2 aliphatic heterocycles. The predicted octanol–water partition coefficient (Wildman–Crippen LogP) is 3.31. The lowest BCUT2D eigenvalue weighted by Gasteiger charge is -2.43. The first kappa shape index (κ1) is 29.6. The van der Waals surface area contributed by atoms with Crippen molar-refractivity contribution in [2.75, 3.05) is 48.6 Å². The van der Waals surface area contributed by atoms with Crippen LogP contribution in [0.3, 0.4) is 0 Å². The van der Waals surface area contributed by atoms with Crippen molar-refractivity contribution < 1.29 is 33.3 Å². The van der Waals surface area contributed by atoms with Crippen LogP contribution in [0.2, 0.25) is 0 Å². The van der Waals surface area contributed by atoms with Crippen LogP contribution in [0.1, 0.15) is 34.0 Å². The number of hydrogen-bond donors (Lipinski definition) is 1. The van der Waals surface area contributed by atoms with Crippen molar-refractivity contribution in [1.29, 1.82) is 0 Å². The molecule has 11 nitrogen and oxygen atoms in total. The standard InChI is InChI=1S/C32H35N3O8/c1-39-25-10-9-21(15-26(25)40-2)31(37)33-23(12-19-13-27(41-3)30(43-5)28(14-19)42-4)32(38)34-16-20-11-22(18-34)24-7-6-8-29(36)35(24)17-20/h6-10,12-15,20,22H,11,16-18H2,1-5H3,(H,33,37). The predicted molar refractivity (Wildman–Crippen MR) is 159 cm³/mol. The van der Waals surface area contributed by atoms with E-state index in [1.54, 1.807) is 53.4 Å². The molecular formula is C32H35N3O8. The van der Waals surface area contributed by atoms with Crippen LogP contribution in [0.25, 0.3) is 6.08 Å². The maximum Gasteiger partial charge on any atom is 0.270 e. The molecule has 0 aliphatic carbocycles. The third kappa shape index (κ3) is 5.88. The van der Waals surface area contributed by atoms with Gasteiger partial charge in [-0.15, -0.1) is 0 Å². The summed E-state index contributed by atoms with van der Waals surface area (Å²) in [6, 6.07) is 13.4. The van der Waals surface area contributed by atoms with Gasteiger partial charge in [-0.1, -0.05) is 6.07 Å². The van der Waals surface area contributed by atoms with Gasteiger partial charge in [0.05, 0.1) is 35.5 Å². The Labute approximate surface area is 249 Å². The molecule has 1 aromatic heterocycles. The number of fused-ring (bicyclic) bond motifs is 4. The van der Waals surface area contributed by atoms with Crippen molar-refractivity contribution in [2.45, 2.75) is 18.9 Å². The van der Waals surface area contributed by atoms with Crippen molar-refractivity contribution in [3.05, 3.63) is 81.4 Å². The van der Waals surface area contributed by atoms with E-state index in [4.69, 9.17) is 23.7 Å². The van der Waals surface area contributed by atoms with E-state index in [1.807, 2.05) is 10.6 Å². The number of piperidine rings is 1. The molecule has 3 aromatic rings. The Morgan fingerprint density at radius 3 is 2.16 bits per heavy atom. The number of ether oxygens (including phenoxy) is 5. The van der Waals surface area contributed by atoms with Crippen LogP contribution in [-0.4, -0.2) is 69.9 Å². The van der Waals surface area contributed by atoms with Gasteiger partial charge in [0.2, 0.25) is 5.75 Å². The first-order valence-electron chi connectivity index (χ1n) is 13.8. The van der Waals surface area contributed by atoms with Gasteiger partial charge >= 0.3 is 0 Å². The average Bonchev–Trinajstić information content (AvgIpc) is 3.03. The fourth-order valence-electron chi connectivity index (χ4n) is 5.91. The summed E-state index contributed by atoms with van der Waals surface area (Å²) < 4.78 is 28.9. The van der Waals surface area contributed by atoms with Gasteiger partial charge in [0.25, 0.3) is 17.4 Å². The summed E-state index contributed by atoms with van der Waals surface area (Å²) in [6.45, 7) is 1.41. The minimum atomic E-state index is -0.498. The summed E-state index contributed by atoms with van der Waals surface area (Å²) >= 11 is 0. The fraction of sp³-hybridized carbons (Fsp3) is 0.344. The highest BCUT2D eigenvalue weighted by atomic mass is 16.5. The van der Waals surface area contributed by atoms with E-state index < -0.39 is 5.91 Å². The molecule has 0 saturated carbocycles. The third-order valence-electron chi connectivity index (χ3n) is 7.89. The molecule has 2 unspecified atom stereocenters. The monoisotopic (exact) mass is 589 g/mol. The first-order valence-corrected chi connectivity index (χ1v) is 13.8. The first-order chi connectivity index (χ1) is 20.8. The normalized spacial score (nSPS) is 17.4. The van der Waals surface area contributed by atoms with Gasteiger partial charge < -0.3 is 38.5 Å². The summed E-state index contributed by atoms with van der Waals surface area (Å²) in [7, 11) is 7.51. The van der Waals surface area contributed by atoms with E-state index in [0.29, 0.717) is 53.9 Å². The lowest BCUT2D eigenvalue weighted by Crippen LogP contribution is -2.50. The van der Waals surface area contributed by atoms with Crippen LogP contribution in [0.4, 0.5) is 0 Å². The Bertz CT molecular complexity index is 1600. The number of aromatic nitrogens is 1. The molecule has 0 radical (unpaired) electrons. The molecule has 2 bridgehead atoms. The molecule has 5 rings (SSSR count). The van der Waals surface area contributed by atoms with E-state index in [-0.39, 0.29) is 34.6 Å². The van der Waals surface area contributed by atoms with Gasteiger partial charge in [0.15, 0.2) is 23.0 Å². The highest BCUT2D eigenvalue weighted by molar-refractivity contribution is 6.05. The fourth-order valence-corrected chi connectivity index (χ4v) is 5.91. The van der Waals surface area contributed by atoms with Gasteiger partial charge in [-0.2, -0.15) is 0 Å². The molecule has 2 amide bonds. The number of pyridine rings is 1. The molecule has 0 spiro atoms. The largest absolute Gasteiger partial charge is 0.493 e. The van der Waals surface area contributed by atoms with E-state index >= 15 is 0 Å². The number of hydrogen-bond acceptors (Lipinski definition) is 8. The van der Waals surface area contributed by atoms with E-state index in [9.17, 15) is 14.4 Å². The summed E-state index contributed by atoms with van der Waals surface area (Å²) in [5, 5.41) is 2.83. The van der Waals surface area contributed by atoms with Gasteiger partial charge in [-0.25, -0.2) is 0 Å². The zero-order valence-corrected chi connectivity index (χ0v) is 24.8. The SMILES string of the molecule is COc1ccc(C(=O)NC(=Cc2cc(OC)c(OC)c(OC)c2)C(=O)N2CC3CC(C2)c2cccc(=O)n2C3)cc1OC. The van der Waals surface area contributed by atoms with Crippen molar-refractivity contribution in [1.82, 2.24) is 14.8 Å². The van der Waals surface area contributed by atoms with Crippen LogP contribution in [0.15, 0.2) is 59.0 Å². The second-order valence-electron chi connectivity index (χ2n) is 10.4. The number of amides is 2. The smallest absolute Gasteiger partial charge is 0.270 e. The number of rotatable bonds is 9. The van der Waals surface area contributed by atoms with E-state index in [2.05, 4.69) is 5.32 Å². The number of carbonyl (C=O) groups excluding carboxylic acids is 2. The number of nitrogens with one attached hydrogen (secondary N) is 1. The van der Waals surface area contributed by atoms with Crippen molar-refractivity contribution in [3.8, 4) is 28.7 Å². The molecule has 43 heavy (non-hydrogen) atoms. The number of likely N-dealkylation sites (tertiary alicyclic amines) is 1. The van der Waals surface area contributed by atoms with Crippen LogP contribution >= 0.6 is 0 Å². The quantitative estimate of drug-likeness (QED) is 0.378. The Balaban J connectivity index is 1.52. The molecule has 3 heterocycles. The Morgan fingerprint density at radius 1 is 0.814 bits per heavy atom. The highest BCUT2D eigenvalue weighted by Crippen LogP contribution is 2.39. The van der Waals surface area contributed by atoms with Crippen LogP contribution in [-0.2, 0) is 11.3 Å². The molecule has 2 aliphatic rings. The Hall–Kier alpha value is -4.93. The van der Waals surface area contributed by atoms with Crippen LogP contribution < -0.4 is 34.6 Å². The van der Waals surface area contributed by atoms with Gasteiger partial charge in [0, 0.05) is 42.9 Å². The summed E-state index contributed by atoms with van der Waals surface area (Å²) in [5.41, 5.74) is 1.80. The van der Waals surface area contributed by atoms with Crippen molar-refractivity contribution in [2.24, 2.45) is 5.92 Å². The number of carbonyl (C=O) groups is 2.